The fourth-order valence-electron chi connectivity index (χ4n) is 2.98. The number of benzene rings is 2. The van der Waals surface area contributed by atoms with Crippen molar-refractivity contribution in [3.8, 4) is 16.9 Å². The summed E-state index contributed by atoms with van der Waals surface area (Å²) >= 11 is 0. The van der Waals surface area contributed by atoms with Gasteiger partial charge in [-0.05, 0) is 47.0 Å². The zero-order chi connectivity index (χ0) is 17.9. The molecule has 0 saturated carbocycles. The van der Waals surface area contributed by atoms with Gasteiger partial charge in [0.15, 0.2) is 5.82 Å². The van der Waals surface area contributed by atoms with E-state index >= 15 is 0 Å². The summed E-state index contributed by atoms with van der Waals surface area (Å²) in [7, 11) is 1.68. The Bertz CT molecular complexity index is 1120. The number of hydrogen-bond acceptors (Lipinski definition) is 4. The van der Waals surface area contributed by atoms with Crippen molar-refractivity contribution in [1.29, 1.82) is 0 Å². The van der Waals surface area contributed by atoms with Gasteiger partial charge >= 0.3 is 0 Å². The van der Waals surface area contributed by atoms with Crippen LogP contribution in [0.5, 0.6) is 0 Å². The highest BCUT2D eigenvalue weighted by Crippen LogP contribution is 2.24. The number of fused-ring (bicyclic) bond motifs is 1. The maximum Gasteiger partial charge on any atom is 0.280 e. The van der Waals surface area contributed by atoms with Crippen LogP contribution >= 0.6 is 0 Å². The van der Waals surface area contributed by atoms with E-state index in [4.69, 9.17) is 4.74 Å². The van der Waals surface area contributed by atoms with E-state index in [1.165, 1.54) is 4.68 Å². The lowest BCUT2D eigenvalue weighted by atomic mass is 10.0. The summed E-state index contributed by atoms with van der Waals surface area (Å²) in [6.45, 7) is 0.567. The Kier molecular flexibility index (Phi) is 4.29. The molecule has 4 aromatic rings. The summed E-state index contributed by atoms with van der Waals surface area (Å²) in [4.78, 5) is 17.0. The van der Waals surface area contributed by atoms with Crippen LogP contribution in [0.2, 0.25) is 0 Å². The fourth-order valence-corrected chi connectivity index (χ4v) is 2.98. The van der Waals surface area contributed by atoms with Gasteiger partial charge in [-0.25, -0.2) is 4.98 Å². The number of pyridine rings is 1. The molecular formula is C21H17N3O2. The summed E-state index contributed by atoms with van der Waals surface area (Å²) in [6, 6.07) is 19.3. The molecule has 2 heterocycles. The van der Waals surface area contributed by atoms with E-state index in [1.54, 1.807) is 31.6 Å². The molecule has 5 heteroatoms. The average Bonchev–Trinajstić information content (AvgIpc) is 2.69. The van der Waals surface area contributed by atoms with Crippen molar-refractivity contribution in [2.75, 3.05) is 7.11 Å². The number of nitrogens with zero attached hydrogens (tertiary/aromatic N) is 3. The molecular weight excluding hydrogens is 326 g/mol. The average molecular weight is 343 g/mol. The first-order valence-electron chi connectivity index (χ1n) is 8.28. The molecule has 0 unspecified atom stereocenters. The van der Waals surface area contributed by atoms with Gasteiger partial charge in [-0.15, -0.1) is 0 Å². The Balaban J connectivity index is 1.80. The summed E-state index contributed by atoms with van der Waals surface area (Å²) in [6.07, 6.45) is 3.34. The third-order valence-corrected chi connectivity index (χ3v) is 4.22. The molecule has 0 aliphatic heterocycles. The van der Waals surface area contributed by atoms with Crippen LogP contribution in [0.25, 0.3) is 27.7 Å². The van der Waals surface area contributed by atoms with Gasteiger partial charge in [0.2, 0.25) is 0 Å². The van der Waals surface area contributed by atoms with Crippen LogP contribution in [0, 0.1) is 0 Å². The molecule has 0 spiro atoms. The molecule has 2 aromatic carbocycles. The second-order valence-electron chi connectivity index (χ2n) is 5.98. The van der Waals surface area contributed by atoms with Gasteiger partial charge in [-0.3, -0.25) is 4.79 Å². The predicted molar refractivity (Wildman–Crippen MR) is 101 cm³/mol. The number of hydrogen-bond donors (Lipinski definition) is 0. The number of methoxy groups -OCH3 is 1. The quantitative estimate of drug-likeness (QED) is 0.568. The number of ether oxygens (including phenoxy) is 1. The van der Waals surface area contributed by atoms with Crippen LogP contribution in [-0.2, 0) is 11.3 Å². The number of rotatable bonds is 4. The smallest absolute Gasteiger partial charge is 0.280 e. The van der Waals surface area contributed by atoms with E-state index in [2.05, 4.69) is 16.1 Å². The topological polar surface area (TPSA) is 57.0 Å². The second-order valence-corrected chi connectivity index (χ2v) is 5.98. The van der Waals surface area contributed by atoms with Gasteiger partial charge in [0.25, 0.3) is 5.56 Å². The Morgan fingerprint density at radius 1 is 1.00 bits per heavy atom. The van der Waals surface area contributed by atoms with E-state index in [9.17, 15) is 4.79 Å². The Morgan fingerprint density at radius 3 is 2.69 bits per heavy atom. The van der Waals surface area contributed by atoms with Crippen molar-refractivity contribution in [3.63, 3.8) is 0 Å². The zero-order valence-electron chi connectivity index (χ0n) is 14.3. The lowest BCUT2D eigenvalue weighted by Gasteiger charge is -2.08. The highest BCUT2D eigenvalue weighted by Gasteiger charge is 2.08. The van der Waals surface area contributed by atoms with Gasteiger partial charge < -0.3 is 4.74 Å². The van der Waals surface area contributed by atoms with Crippen molar-refractivity contribution in [1.82, 2.24) is 14.8 Å². The van der Waals surface area contributed by atoms with Crippen LogP contribution in [0.15, 0.2) is 77.9 Å². The van der Waals surface area contributed by atoms with Crippen molar-refractivity contribution >= 4 is 10.8 Å². The third kappa shape index (κ3) is 3.00. The lowest BCUT2D eigenvalue weighted by Crippen LogP contribution is -2.21. The van der Waals surface area contributed by atoms with Crippen molar-refractivity contribution < 1.29 is 4.74 Å². The van der Waals surface area contributed by atoms with Crippen molar-refractivity contribution in [2.24, 2.45) is 0 Å². The van der Waals surface area contributed by atoms with Gasteiger partial charge in [-0.1, -0.05) is 30.3 Å². The van der Waals surface area contributed by atoms with Crippen LogP contribution in [0.4, 0.5) is 0 Å². The first-order valence-corrected chi connectivity index (χ1v) is 8.28. The minimum absolute atomic E-state index is 0.180. The summed E-state index contributed by atoms with van der Waals surface area (Å²) in [5.74, 6) is 0.510. The molecule has 4 rings (SSSR count). The van der Waals surface area contributed by atoms with E-state index in [-0.39, 0.29) is 5.56 Å². The van der Waals surface area contributed by atoms with Crippen LogP contribution in [0.3, 0.4) is 0 Å². The first kappa shape index (κ1) is 16.2. The molecule has 5 nitrogen and oxygen atoms in total. The molecule has 26 heavy (non-hydrogen) atoms. The second kappa shape index (κ2) is 6.90. The predicted octanol–water partition coefficient (Wildman–Crippen LogP) is 3.59. The third-order valence-electron chi connectivity index (χ3n) is 4.22. The summed E-state index contributed by atoms with van der Waals surface area (Å²) in [5.41, 5.74) is 3.04. The SMILES string of the molecule is COCc1cccc(-c2ccc3c(=O)n(-c4ccccn4)ncc3c2)c1. The minimum atomic E-state index is -0.180. The maximum atomic E-state index is 12.8. The standard InChI is InChI=1S/C21H17N3O2/c1-26-14-15-5-4-6-16(11-15)17-8-9-19-18(12-17)13-23-24(21(19)25)20-7-2-3-10-22-20/h2-13H,14H2,1H3. The minimum Gasteiger partial charge on any atom is -0.380 e. The van der Waals surface area contributed by atoms with E-state index in [0.717, 1.165) is 22.1 Å². The molecule has 0 fully saturated rings. The lowest BCUT2D eigenvalue weighted by molar-refractivity contribution is 0.185. The monoisotopic (exact) mass is 343 g/mol. The molecule has 0 aliphatic carbocycles. The van der Waals surface area contributed by atoms with Gasteiger partial charge in [0, 0.05) is 18.7 Å². The molecule has 2 aromatic heterocycles. The van der Waals surface area contributed by atoms with Crippen LogP contribution in [0.1, 0.15) is 5.56 Å². The van der Waals surface area contributed by atoms with Crippen molar-refractivity contribution in [3.05, 3.63) is 89.0 Å². The summed E-state index contributed by atoms with van der Waals surface area (Å²) in [5, 5.41) is 5.70. The Morgan fingerprint density at radius 2 is 1.88 bits per heavy atom. The van der Waals surface area contributed by atoms with E-state index in [0.29, 0.717) is 17.8 Å². The highest BCUT2D eigenvalue weighted by atomic mass is 16.5. The Labute approximate surface area is 150 Å². The molecule has 0 radical (unpaired) electrons. The van der Waals surface area contributed by atoms with E-state index < -0.39 is 0 Å². The van der Waals surface area contributed by atoms with E-state index in [1.807, 2.05) is 42.5 Å². The normalized spacial score (nSPS) is 11.0. The summed E-state index contributed by atoms with van der Waals surface area (Å²) < 4.78 is 6.52. The van der Waals surface area contributed by atoms with Gasteiger partial charge in [-0.2, -0.15) is 9.78 Å². The molecule has 0 saturated heterocycles. The van der Waals surface area contributed by atoms with Gasteiger partial charge in [0.05, 0.1) is 18.2 Å². The van der Waals surface area contributed by atoms with Crippen LogP contribution in [-0.4, -0.2) is 21.9 Å². The molecule has 0 amide bonds. The molecule has 0 bridgehead atoms. The molecule has 128 valence electrons. The maximum absolute atomic E-state index is 12.8. The number of aromatic nitrogens is 3. The van der Waals surface area contributed by atoms with Crippen molar-refractivity contribution in [2.45, 2.75) is 6.61 Å². The van der Waals surface area contributed by atoms with Crippen LogP contribution < -0.4 is 5.56 Å². The zero-order valence-corrected chi connectivity index (χ0v) is 14.3. The Hall–Kier alpha value is -3.31. The largest absolute Gasteiger partial charge is 0.380 e. The van der Waals surface area contributed by atoms with Gasteiger partial charge in [0.1, 0.15) is 0 Å². The molecule has 0 N–H and O–H groups in total. The molecule has 0 atom stereocenters. The first-order chi connectivity index (χ1) is 12.8. The fraction of sp³-hybridized carbons (Fsp3) is 0.0952. The highest BCUT2D eigenvalue weighted by molar-refractivity contribution is 5.86. The molecule has 0 aliphatic rings.